The number of hydrogen-bond acceptors (Lipinski definition) is 4. The number of nitrogens with one attached hydrogen (secondary N) is 2. The van der Waals surface area contributed by atoms with Crippen LogP contribution in [0.15, 0.2) is 59.7 Å². The number of amides is 2. The SMILES string of the molecule is CCC(=O)Nc1cccc(NC(=O)Cn2cnc3ccccc3c2=O)c1. The monoisotopic (exact) mass is 350 g/mol. The van der Waals surface area contributed by atoms with E-state index in [0.29, 0.717) is 28.7 Å². The molecule has 0 saturated heterocycles. The molecule has 0 aliphatic carbocycles. The molecule has 7 nitrogen and oxygen atoms in total. The van der Waals surface area contributed by atoms with Gasteiger partial charge in [0.15, 0.2) is 0 Å². The van der Waals surface area contributed by atoms with Crippen molar-refractivity contribution >= 4 is 34.1 Å². The van der Waals surface area contributed by atoms with Crippen LogP contribution in [0.2, 0.25) is 0 Å². The van der Waals surface area contributed by atoms with Gasteiger partial charge in [0, 0.05) is 17.8 Å². The maximum absolute atomic E-state index is 12.4. The molecule has 1 heterocycles. The second-order valence-corrected chi connectivity index (χ2v) is 5.73. The van der Waals surface area contributed by atoms with Crippen LogP contribution < -0.4 is 16.2 Å². The molecule has 0 unspecified atom stereocenters. The van der Waals surface area contributed by atoms with Gasteiger partial charge >= 0.3 is 0 Å². The molecule has 3 aromatic rings. The molecule has 0 aliphatic rings. The van der Waals surface area contributed by atoms with Crippen molar-refractivity contribution in [2.24, 2.45) is 0 Å². The number of rotatable bonds is 5. The highest BCUT2D eigenvalue weighted by Gasteiger charge is 2.09. The number of benzene rings is 2. The molecular weight excluding hydrogens is 332 g/mol. The van der Waals surface area contributed by atoms with E-state index in [1.807, 2.05) is 0 Å². The number of carbonyl (C=O) groups excluding carboxylic acids is 2. The highest BCUT2D eigenvalue weighted by atomic mass is 16.2. The van der Waals surface area contributed by atoms with Gasteiger partial charge in [-0.3, -0.25) is 19.0 Å². The fourth-order valence-electron chi connectivity index (χ4n) is 2.50. The lowest BCUT2D eigenvalue weighted by molar-refractivity contribution is -0.117. The lowest BCUT2D eigenvalue weighted by atomic mass is 10.2. The highest BCUT2D eigenvalue weighted by molar-refractivity contribution is 5.94. The van der Waals surface area contributed by atoms with E-state index in [4.69, 9.17) is 0 Å². The predicted molar refractivity (Wildman–Crippen MR) is 100.0 cm³/mol. The topological polar surface area (TPSA) is 93.1 Å². The Morgan fingerprint density at radius 1 is 1.00 bits per heavy atom. The van der Waals surface area contributed by atoms with E-state index < -0.39 is 0 Å². The van der Waals surface area contributed by atoms with Gasteiger partial charge in [-0.25, -0.2) is 4.98 Å². The second kappa shape index (κ2) is 7.60. The molecule has 132 valence electrons. The minimum atomic E-state index is -0.358. The summed E-state index contributed by atoms with van der Waals surface area (Å²) in [6, 6.07) is 13.8. The first-order valence-corrected chi connectivity index (χ1v) is 8.21. The Hall–Kier alpha value is -3.48. The molecule has 26 heavy (non-hydrogen) atoms. The quantitative estimate of drug-likeness (QED) is 0.739. The molecule has 0 atom stereocenters. The van der Waals surface area contributed by atoms with Crippen LogP contribution in [0.25, 0.3) is 10.9 Å². The summed E-state index contributed by atoms with van der Waals surface area (Å²) in [7, 11) is 0. The fraction of sp³-hybridized carbons (Fsp3) is 0.158. The molecule has 7 heteroatoms. The molecule has 1 aromatic heterocycles. The third kappa shape index (κ3) is 3.94. The van der Waals surface area contributed by atoms with Gasteiger partial charge in [-0.1, -0.05) is 25.1 Å². The lowest BCUT2D eigenvalue weighted by Crippen LogP contribution is -2.27. The van der Waals surface area contributed by atoms with Crippen LogP contribution >= 0.6 is 0 Å². The molecule has 2 N–H and O–H groups in total. The van der Waals surface area contributed by atoms with Crippen LogP contribution in [0.3, 0.4) is 0 Å². The van der Waals surface area contributed by atoms with E-state index in [1.54, 1.807) is 55.5 Å². The van der Waals surface area contributed by atoms with Crippen LogP contribution in [0.4, 0.5) is 11.4 Å². The van der Waals surface area contributed by atoms with Gasteiger partial charge in [-0.2, -0.15) is 0 Å². The number of carbonyl (C=O) groups is 2. The summed E-state index contributed by atoms with van der Waals surface area (Å²) in [6.45, 7) is 1.61. The molecular formula is C19H18N4O3. The molecule has 0 radical (unpaired) electrons. The summed E-state index contributed by atoms with van der Waals surface area (Å²) in [5.41, 5.74) is 1.45. The van der Waals surface area contributed by atoms with E-state index in [1.165, 1.54) is 10.9 Å². The molecule has 0 aliphatic heterocycles. The van der Waals surface area contributed by atoms with Gasteiger partial charge in [0.1, 0.15) is 6.54 Å². The highest BCUT2D eigenvalue weighted by Crippen LogP contribution is 2.15. The minimum Gasteiger partial charge on any atom is -0.326 e. The Kier molecular flexibility index (Phi) is 5.07. The second-order valence-electron chi connectivity index (χ2n) is 5.73. The van der Waals surface area contributed by atoms with Crippen molar-refractivity contribution in [2.45, 2.75) is 19.9 Å². The van der Waals surface area contributed by atoms with Crippen molar-refractivity contribution < 1.29 is 9.59 Å². The predicted octanol–water partition coefficient (Wildman–Crippen LogP) is 2.38. The lowest BCUT2D eigenvalue weighted by Gasteiger charge is -2.10. The Balaban J connectivity index is 1.73. The molecule has 2 aromatic carbocycles. The molecule has 0 spiro atoms. The van der Waals surface area contributed by atoms with Crippen molar-refractivity contribution in [3.05, 3.63) is 65.2 Å². The Labute approximate surface area is 149 Å². The third-order valence-corrected chi connectivity index (χ3v) is 3.80. The summed E-state index contributed by atoms with van der Waals surface area (Å²) in [5.74, 6) is -0.467. The summed E-state index contributed by atoms with van der Waals surface area (Å²) in [4.78, 5) is 40.3. The first-order chi connectivity index (χ1) is 12.6. The smallest absolute Gasteiger partial charge is 0.261 e. The number of fused-ring (bicyclic) bond motifs is 1. The summed E-state index contributed by atoms with van der Waals surface area (Å²) in [6.07, 6.45) is 1.73. The number of hydrogen-bond donors (Lipinski definition) is 2. The van der Waals surface area contributed by atoms with Gasteiger partial charge in [-0.15, -0.1) is 0 Å². The van der Waals surface area contributed by atoms with Gasteiger partial charge in [0.05, 0.1) is 17.2 Å². The molecule has 2 amide bonds. The van der Waals surface area contributed by atoms with Gasteiger partial charge in [0.25, 0.3) is 5.56 Å². The van der Waals surface area contributed by atoms with Crippen LogP contribution in [-0.2, 0) is 16.1 Å². The maximum atomic E-state index is 12.4. The maximum Gasteiger partial charge on any atom is 0.261 e. The van der Waals surface area contributed by atoms with Gasteiger partial charge < -0.3 is 10.6 Å². The normalized spacial score (nSPS) is 10.5. The van der Waals surface area contributed by atoms with Crippen molar-refractivity contribution in [3.63, 3.8) is 0 Å². The van der Waals surface area contributed by atoms with E-state index in [9.17, 15) is 14.4 Å². The standard InChI is InChI=1S/C19H18N4O3/c1-2-17(24)21-13-6-5-7-14(10-13)22-18(25)11-23-12-20-16-9-4-3-8-15(16)19(23)26/h3-10,12H,2,11H2,1H3,(H,21,24)(H,22,25). The minimum absolute atomic E-state index is 0.109. The molecule has 3 rings (SSSR count). The van der Waals surface area contributed by atoms with Crippen molar-refractivity contribution in [1.29, 1.82) is 0 Å². The van der Waals surface area contributed by atoms with Gasteiger partial charge in [0.2, 0.25) is 11.8 Å². The summed E-state index contributed by atoms with van der Waals surface area (Å²) in [5, 5.41) is 5.91. The summed E-state index contributed by atoms with van der Waals surface area (Å²) >= 11 is 0. The summed E-state index contributed by atoms with van der Waals surface area (Å²) < 4.78 is 1.26. The number of para-hydroxylation sites is 1. The van der Waals surface area contributed by atoms with Crippen LogP contribution in [0.5, 0.6) is 0 Å². The number of nitrogens with zero attached hydrogens (tertiary/aromatic N) is 2. The zero-order valence-corrected chi connectivity index (χ0v) is 14.2. The first-order valence-electron chi connectivity index (χ1n) is 8.21. The van der Waals surface area contributed by atoms with E-state index in [2.05, 4.69) is 15.6 Å². The first kappa shape index (κ1) is 17.3. The zero-order chi connectivity index (χ0) is 18.5. The average molecular weight is 350 g/mol. The average Bonchev–Trinajstić information content (AvgIpc) is 2.64. The van der Waals surface area contributed by atoms with Crippen LogP contribution in [0.1, 0.15) is 13.3 Å². The van der Waals surface area contributed by atoms with E-state index >= 15 is 0 Å². The molecule has 0 saturated carbocycles. The van der Waals surface area contributed by atoms with Gasteiger partial charge in [-0.05, 0) is 30.3 Å². The largest absolute Gasteiger partial charge is 0.326 e. The molecule has 0 bridgehead atoms. The number of aromatic nitrogens is 2. The van der Waals surface area contributed by atoms with E-state index in [-0.39, 0.29) is 23.9 Å². The molecule has 0 fully saturated rings. The van der Waals surface area contributed by atoms with E-state index in [0.717, 1.165) is 0 Å². The third-order valence-electron chi connectivity index (χ3n) is 3.80. The number of anilines is 2. The Morgan fingerprint density at radius 3 is 2.42 bits per heavy atom. The van der Waals surface area contributed by atoms with Crippen molar-refractivity contribution in [1.82, 2.24) is 9.55 Å². The Bertz CT molecular complexity index is 1030. The van der Waals surface area contributed by atoms with Crippen LogP contribution in [0, 0.1) is 0 Å². The van der Waals surface area contributed by atoms with Crippen molar-refractivity contribution in [2.75, 3.05) is 10.6 Å². The Morgan fingerprint density at radius 2 is 1.69 bits per heavy atom. The zero-order valence-electron chi connectivity index (χ0n) is 14.2. The van der Waals surface area contributed by atoms with Crippen LogP contribution in [-0.4, -0.2) is 21.4 Å². The fourth-order valence-corrected chi connectivity index (χ4v) is 2.50. The van der Waals surface area contributed by atoms with Crippen molar-refractivity contribution in [3.8, 4) is 0 Å².